The summed E-state index contributed by atoms with van der Waals surface area (Å²) in [7, 11) is 0. The predicted octanol–water partition coefficient (Wildman–Crippen LogP) is 3.24. The van der Waals surface area contributed by atoms with Gasteiger partial charge in [0.15, 0.2) is 11.6 Å². The number of hydrogen-bond acceptors (Lipinski definition) is 4. The Balaban J connectivity index is 1.59. The lowest BCUT2D eigenvalue weighted by Gasteiger charge is -2.22. The van der Waals surface area contributed by atoms with Gasteiger partial charge in [0.1, 0.15) is 0 Å². The highest BCUT2D eigenvalue weighted by Crippen LogP contribution is 2.28. The highest BCUT2D eigenvalue weighted by atomic mass is 16.5. The maximum atomic E-state index is 12.6. The smallest absolute Gasteiger partial charge is 0.231 e. The summed E-state index contributed by atoms with van der Waals surface area (Å²) in [4.78, 5) is 30.7. The average molecular weight is 359 g/mol. The van der Waals surface area contributed by atoms with Gasteiger partial charge >= 0.3 is 0 Å². The Morgan fingerprint density at radius 3 is 2.81 bits per heavy atom. The first-order valence-electron chi connectivity index (χ1n) is 9.72. The third kappa shape index (κ3) is 4.54. The second kappa shape index (κ2) is 8.52. The third-order valence-electron chi connectivity index (χ3n) is 5.36. The van der Waals surface area contributed by atoms with Crippen molar-refractivity contribution in [2.75, 3.05) is 18.5 Å². The van der Waals surface area contributed by atoms with Gasteiger partial charge in [-0.05, 0) is 44.7 Å². The molecule has 1 atom stereocenters. The van der Waals surface area contributed by atoms with Crippen LogP contribution in [-0.4, -0.2) is 40.9 Å². The lowest BCUT2D eigenvalue weighted by atomic mass is 9.90. The van der Waals surface area contributed by atoms with Crippen LogP contribution in [0.5, 0.6) is 5.75 Å². The van der Waals surface area contributed by atoms with E-state index in [-0.39, 0.29) is 30.2 Å². The SMILES string of the molecule is CC(C)N1CC(C(=O)Nc2ncccc2OCC2CCCCC2)CC1=O. The fourth-order valence-electron chi connectivity index (χ4n) is 3.79. The fraction of sp³-hybridized carbons (Fsp3) is 0.650. The normalized spacial score (nSPS) is 21.3. The van der Waals surface area contributed by atoms with Crippen molar-refractivity contribution in [3.05, 3.63) is 18.3 Å². The quantitative estimate of drug-likeness (QED) is 0.846. The summed E-state index contributed by atoms with van der Waals surface area (Å²) in [5, 5.41) is 2.87. The van der Waals surface area contributed by atoms with Crippen LogP contribution in [0.3, 0.4) is 0 Å². The van der Waals surface area contributed by atoms with E-state index >= 15 is 0 Å². The molecule has 2 amide bonds. The zero-order valence-electron chi connectivity index (χ0n) is 15.7. The van der Waals surface area contributed by atoms with Gasteiger partial charge in [0, 0.05) is 25.2 Å². The monoisotopic (exact) mass is 359 g/mol. The van der Waals surface area contributed by atoms with Gasteiger partial charge in [-0.1, -0.05) is 19.3 Å². The number of aromatic nitrogens is 1. The van der Waals surface area contributed by atoms with Gasteiger partial charge in [0.05, 0.1) is 12.5 Å². The maximum Gasteiger partial charge on any atom is 0.231 e. The number of nitrogens with zero attached hydrogens (tertiary/aromatic N) is 2. The summed E-state index contributed by atoms with van der Waals surface area (Å²) >= 11 is 0. The van der Waals surface area contributed by atoms with Gasteiger partial charge in [0.2, 0.25) is 11.8 Å². The molecule has 26 heavy (non-hydrogen) atoms. The summed E-state index contributed by atoms with van der Waals surface area (Å²) in [5.74, 6) is 1.18. The molecule has 1 aromatic heterocycles. The lowest BCUT2D eigenvalue weighted by molar-refractivity contribution is -0.129. The minimum atomic E-state index is -0.335. The predicted molar refractivity (Wildman–Crippen MR) is 99.9 cm³/mol. The molecule has 2 aliphatic rings. The Kier molecular flexibility index (Phi) is 6.12. The molecule has 2 heterocycles. The van der Waals surface area contributed by atoms with Crippen molar-refractivity contribution in [3.8, 4) is 5.75 Å². The number of hydrogen-bond donors (Lipinski definition) is 1. The Morgan fingerprint density at radius 1 is 1.35 bits per heavy atom. The highest BCUT2D eigenvalue weighted by Gasteiger charge is 2.35. The van der Waals surface area contributed by atoms with Gasteiger partial charge in [-0.25, -0.2) is 4.98 Å². The van der Waals surface area contributed by atoms with Crippen LogP contribution in [0.1, 0.15) is 52.4 Å². The molecule has 1 unspecified atom stereocenters. The number of pyridine rings is 1. The molecule has 1 aliphatic carbocycles. The zero-order valence-corrected chi connectivity index (χ0v) is 15.7. The van der Waals surface area contributed by atoms with Gasteiger partial charge in [-0.2, -0.15) is 0 Å². The van der Waals surface area contributed by atoms with E-state index in [0.29, 0.717) is 30.6 Å². The number of nitrogens with one attached hydrogen (secondary N) is 1. The number of carbonyl (C=O) groups is 2. The number of anilines is 1. The van der Waals surface area contributed by atoms with E-state index in [1.165, 1.54) is 32.1 Å². The van der Waals surface area contributed by atoms with E-state index in [9.17, 15) is 9.59 Å². The van der Waals surface area contributed by atoms with E-state index in [2.05, 4.69) is 10.3 Å². The molecule has 0 radical (unpaired) electrons. The van der Waals surface area contributed by atoms with E-state index in [1.807, 2.05) is 26.0 Å². The highest BCUT2D eigenvalue weighted by molar-refractivity contribution is 5.97. The molecule has 2 fully saturated rings. The number of carbonyl (C=O) groups excluding carboxylic acids is 2. The van der Waals surface area contributed by atoms with E-state index in [4.69, 9.17) is 4.74 Å². The van der Waals surface area contributed by atoms with Crippen molar-refractivity contribution in [2.24, 2.45) is 11.8 Å². The van der Waals surface area contributed by atoms with Crippen molar-refractivity contribution in [1.29, 1.82) is 0 Å². The Hall–Kier alpha value is -2.11. The molecule has 6 heteroatoms. The van der Waals surface area contributed by atoms with Crippen molar-refractivity contribution in [2.45, 2.75) is 58.4 Å². The lowest BCUT2D eigenvalue weighted by Crippen LogP contribution is -2.33. The molecule has 3 rings (SSSR count). The number of amides is 2. The first kappa shape index (κ1) is 18.7. The number of ether oxygens (including phenoxy) is 1. The van der Waals surface area contributed by atoms with Gasteiger partial charge in [-0.3, -0.25) is 9.59 Å². The van der Waals surface area contributed by atoms with Crippen molar-refractivity contribution < 1.29 is 14.3 Å². The van der Waals surface area contributed by atoms with Crippen LogP contribution in [0.25, 0.3) is 0 Å². The van der Waals surface area contributed by atoms with Crippen LogP contribution in [-0.2, 0) is 9.59 Å². The molecule has 1 aromatic rings. The standard InChI is InChI=1S/C20H29N3O3/c1-14(2)23-12-16(11-18(23)24)20(25)22-19-17(9-6-10-21-19)26-13-15-7-4-3-5-8-15/h6,9-10,14-16H,3-5,7-8,11-13H2,1-2H3,(H,21,22,25). The first-order chi connectivity index (χ1) is 12.5. The minimum Gasteiger partial charge on any atom is -0.489 e. The van der Waals surface area contributed by atoms with Crippen LogP contribution in [0.15, 0.2) is 18.3 Å². The topological polar surface area (TPSA) is 71.5 Å². The summed E-state index contributed by atoms with van der Waals surface area (Å²) in [5.41, 5.74) is 0. The maximum absolute atomic E-state index is 12.6. The fourth-order valence-corrected chi connectivity index (χ4v) is 3.79. The van der Waals surface area contributed by atoms with Gasteiger partial charge in [0.25, 0.3) is 0 Å². The second-order valence-corrected chi connectivity index (χ2v) is 7.70. The molecule has 1 N–H and O–H groups in total. The third-order valence-corrected chi connectivity index (χ3v) is 5.36. The van der Waals surface area contributed by atoms with E-state index < -0.39 is 0 Å². The molecule has 142 valence electrons. The van der Waals surface area contributed by atoms with Crippen LogP contribution < -0.4 is 10.1 Å². The van der Waals surface area contributed by atoms with Crippen LogP contribution in [0, 0.1) is 11.8 Å². The summed E-state index contributed by atoms with van der Waals surface area (Å²) in [6.45, 7) is 5.06. The molecular weight excluding hydrogens is 330 g/mol. The molecule has 1 saturated heterocycles. The van der Waals surface area contributed by atoms with Crippen LogP contribution in [0.2, 0.25) is 0 Å². The van der Waals surface area contributed by atoms with Gasteiger partial charge in [-0.15, -0.1) is 0 Å². The molecule has 0 aromatic carbocycles. The Bertz CT molecular complexity index is 641. The van der Waals surface area contributed by atoms with E-state index in [1.54, 1.807) is 11.1 Å². The van der Waals surface area contributed by atoms with E-state index in [0.717, 1.165) is 0 Å². The van der Waals surface area contributed by atoms with Crippen molar-refractivity contribution in [1.82, 2.24) is 9.88 Å². The minimum absolute atomic E-state index is 0.0370. The molecular formula is C20H29N3O3. The summed E-state index contributed by atoms with van der Waals surface area (Å²) in [6.07, 6.45) is 8.17. The summed E-state index contributed by atoms with van der Waals surface area (Å²) < 4.78 is 5.97. The molecule has 6 nitrogen and oxygen atoms in total. The molecule has 0 spiro atoms. The number of likely N-dealkylation sites (tertiary alicyclic amines) is 1. The zero-order chi connectivity index (χ0) is 18.5. The Labute approximate surface area is 155 Å². The Morgan fingerprint density at radius 2 is 2.12 bits per heavy atom. The number of rotatable bonds is 6. The molecule has 0 bridgehead atoms. The average Bonchev–Trinajstić information content (AvgIpc) is 3.04. The first-order valence-corrected chi connectivity index (χ1v) is 9.72. The summed E-state index contributed by atoms with van der Waals surface area (Å²) in [6, 6.07) is 3.77. The van der Waals surface area contributed by atoms with Gasteiger partial charge < -0.3 is 15.0 Å². The molecule has 1 saturated carbocycles. The molecule has 1 aliphatic heterocycles. The van der Waals surface area contributed by atoms with Crippen LogP contribution >= 0.6 is 0 Å². The van der Waals surface area contributed by atoms with Crippen molar-refractivity contribution >= 4 is 17.6 Å². The van der Waals surface area contributed by atoms with Crippen LogP contribution in [0.4, 0.5) is 5.82 Å². The second-order valence-electron chi connectivity index (χ2n) is 7.70. The largest absolute Gasteiger partial charge is 0.489 e. The van der Waals surface area contributed by atoms with Crippen molar-refractivity contribution in [3.63, 3.8) is 0 Å².